The number of rotatable bonds is 6. The first-order valence-electron chi connectivity index (χ1n) is 7.37. The second-order valence-corrected chi connectivity index (χ2v) is 8.35. The minimum Gasteiger partial charge on any atom is -0.328 e. The van der Waals surface area contributed by atoms with Crippen molar-refractivity contribution >= 4 is 26.0 Å². The maximum atomic E-state index is 12.1. The Morgan fingerprint density at radius 2 is 1.95 bits per heavy atom. The van der Waals surface area contributed by atoms with Crippen LogP contribution in [0.1, 0.15) is 6.42 Å². The summed E-state index contributed by atoms with van der Waals surface area (Å²) in [5, 5.41) is 0. The first-order valence-corrected chi connectivity index (χ1v) is 9.65. The third-order valence-corrected chi connectivity index (χ3v) is 5.87. The summed E-state index contributed by atoms with van der Waals surface area (Å²) in [5.74, 6) is 0. The van der Waals surface area contributed by atoms with E-state index in [2.05, 4.69) is 27.7 Å². The van der Waals surface area contributed by atoms with E-state index in [1.807, 2.05) is 6.07 Å². The maximum absolute atomic E-state index is 12.1. The number of halogens is 1. The fourth-order valence-corrected chi connectivity index (χ4v) is 4.21. The lowest BCUT2D eigenvalue weighted by Crippen LogP contribution is -3.27. The summed E-state index contributed by atoms with van der Waals surface area (Å²) in [6.45, 7) is 6.32. The van der Waals surface area contributed by atoms with Crippen LogP contribution in [0.25, 0.3) is 0 Å². The van der Waals surface area contributed by atoms with Gasteiger partial charge in [0.25, 0.3) is 0 Å². The molecule has 1 saturated heterocycles. The van der Waals surface area contributed by atoms with Crippen molar-refractivity contribution in [1.29, 1.82) is 0 Å². The van der Waals surface area contributed by atoms with E-state index < -0.39 is 10.0 Å². The van der Waals surface area contributed by atoms with E-state index in [1.54, 1.807) is 28.0 Å². The molecule has 0 aromatic heterocycles. The van der Waals surface area contributed by atoms with Gasteiger partial charge in [0, 0.05) is 17.4 Å². The van der Waals surface area contributed by atoms with Crippen LogP contribution in [0.4, 0.5) is 0 Å². The van der Waals surface area contributed by atoms with Gasteiger partial charge >= 0.3 is 0 Å². The van der Waals surface area contributed by atoms with Gasteiger partial charge < -0.3 is 9.80 Å². The van der Waals surface area contributed by atoms with E-state index in [4.69, 9.17) is 0 Å². The van der Waals surface area contributed by atoms with Gasteiger partial charge in [0.2, 0.25) is 10.0 Å². The second kappa shape index (κ2) is 7.69. The van der Waals surface area contributed by atoms with Gasteiger partial charge in [-0.1, -0.05) is 22.0 Å². The average molecular weight is 378 g/mol. The van der Waals surface area contributed by atoms with Crippen molar-refractivity contribution in [3.63, 3.8) is 0 Å². The van der Waals surface area contributed by atoms with Crippen molar-refractivity contribution in [3.8, 4) is 0 Å². The molecule has 21 heavy (non-hydrogen) atoms. The summed E-state index contributed by atoms with van der Waals surface area (Å²) in [4.78, 5) is 3.49. The van der Waals surface area contributed by atoms with Crippen LogP contribution in [0.5, 0.6) is 0 Å². The molecule has 0 aliphatic carbocycles. The average Bonchev–Trinajstić information content (AvgIpc) is 2.45. The molecule has 0 bridgehead atoms. The summed E-state index contributed by atoms with van der Waals surface area (Å²) in [7, 11) is -1.16. The molecule has 2 rings (SSSR count). The van der Waals surface area contributed by atoms with Crippen molar-refractivity contribution in [2.75, 3.05) is 46.3 Å². The van der Waals surface area contributed by atoms with Crippen LogP contribution < -0.4 is 14.5 Å². The number of quaternary nitrogens is 2. The van der Waals surface area contributed by atoms with Crippen molar-refractivity contribution < 1.29 is 18.2 Å². The molecule has 7 heteroatoms. The SMILES string of the molecule is C[NH+]1CC[NH+](CCCNS(=O)(=O)c2cccc(Br)c2)CC1. The molecule has 1 aliphatic heterocycles. The molecule has 3 N–H and O–H groups in total. The summed E-state index contributed by atoms with van der Waals surface area (Å²) in [6, 6.07) is 6.78. The summed E-state index contributed by atoms with van der Waals surface area (Å²) in [6.07, 6.45) is 0.877. The fourth-order valence-electron chi connectivity index (χ4n) is 2.54. The molecule has 0 atom stereocenters. The Balaban J connectivity index is 1.75. The minimum absolute atomic E-state index is 0.312. The van der Waals surface area contributed by atoms with Gasteiger partial charge in [-0.25, -0.2) is 13.1 Å². The molecule has 5 nitrogen and oxygen atoms in total. The highest BCUT2D eigenvalue weighted by molar-refractivity contribution is 9.10. The number of hydrogen-bond donors (Lipinski definition) is 3. The van der Waals surface area contributed by atoms with Crippen LogP contribution in [0.15, 0.2) is 33.6 Å². The topological polar surface area (TPSA) is 55.1 Å². The zero-order valence-electron chi connectivity index (χ0n) is 12.4. The van der Waals surface area contributed by atoms with Gasteiger partial charge in [0.05, 0.1) is 18.5 Å². The van der Waals surface area contributed by atoms with Gasteiger partial charge in [-0.2, -0.15) is 0 Å². The predicted octanol–water partition coefficient (Wildman–Crippen LogP) is -1.47. The van der Waals surface area contributed by atoms with Crippen LogP contribution in [0.3, 0.4) is 0 Å². The Bertz CT molecular complexity index is 557. The normalized spacial score (nSPS) is 23.1. The molecule has 0 radical (unpaired) electrons. The van der Waals surface area contributed by atoms with E-state index in [9.17, 15) is 8.42 Å². The number of likely N-dealkylation sites (N-methyl/N-ethyl adjacent to an activating group) is 1. The third-order valence-electron chi connectivity index (χ3n) is 3.92. The summed E-state index contributed by atoms with van der Waals surface area (Å²) >= 11 is 3.30. The van der Waals surface area contributed by atoms with E-state index in [0.29, 0.717) is 11.4 Å². The predicted molar refractivity (Wildman–Crippen MR) is 86.1 cm³/mol. The van der Waals surface area contributed by atoms with Crippen LogP contribution >= 0.6 is 15.9 Å². The Labute approximate surface area is 135 Å². The van der Waals surface area contributed by atoms with Crippen LogP contribution in [0.2, 0.25) is 0 Å². The Kier molecular flexibility index (Phi) is 6.19. The standard InChI is InChI=1S/C14H22BrN3O2S/c1-17-8-10-18(11-9-17)7-3-6-16-21(19,20)14-5-2-4-13(15)12-14/h2,4-5,12,16H,3,6-11H2,1H3/p+2. The van der Waals surface area contributed by atoms with Gasteiger partial charge in [-0.3, -0.25) is 0 Å². The highest BCUT2D eigenvalue weighted by atomic mass is 79.9. The van der Waals surface area contributed by atoms with Crippen molar-refractivity contribution in [1.82, 2.24) is 4.72 Å². The van der Waals surface area contributed by atoms with Crippen LogP contribution in [-0.4, -0.2) is 54.7 Å². The number of hydrogen-bond acceptors (Lipinski definition) is 2. The monoisotopic (exact) mass is 377 g/mol. The lowest BCUT2D eigenvalue weighted by Gasteiger charge is -2.27. The largest absolute Gasteiger partial charge is 0.328 e. The Hall–Kier alpha value is -0.470. The highest BCUT2D eigenvalue weighted by Crippen LogP contribution is 2.15. The molecule has 1 heterocycles. The zero-order valence-corrected chi connectivity index (χ0v) is 14.8. The summed E-state index contributed by atoms with van der Waals surface area (Å²) < 4.78 is 27.7. The fraction of sp³-hybridized carbons (Fsp3) is 0.571. The van der Waals surface area contributed by atoms with E-state index >= 15 is 0 Å². The lowest BCUT2D eigenvalue weighted by atomic mass is 10.3. The molecule has 1 aromatic carbocycles. The Morgan fingerprint density at radius 1 is 1.24 bits per heavy atom. The van der Waals surface area contributed by atoms with E-state index in [1.165, 1.54) is 26.2 Å². The molecule has 0 saturated carbocycles. The molecule has 1 aliphatic rings. The van der Waals surface area contributed by atoms with Gasteiger partial charge in [-0.15, -0.1) is 0 Å². The lowest BCUT2D eigenvalue weighted by molar-refractivity contribution is -1.00. The second-order valence-electron chi connectivity index (χ2n) is 5.67. The number of benzene rings is 1. The number of nitrogens with one attached hydrogen (secondary N) is 3. The number of sulfonamides is 1. The molecule has 0 amide bonds. The minimum atomic E-state index is -3.39. The number of piperazine rings is 1. The molecular formula is C14H24BrN3O2S+2. The van der Waals surface area contributed by atoms with Crippen molar-refractivity contribution in [2.24, 2.45) is 0 Å². The van der Waals surface area contributed by atoms with E-state index in [0.717, 1.165) is 17.4 Å². The summed E-state index contributed by atoms with van der Waals surface area (Å²) in [5.41, 5.74) is 0. The first kappa shape index (κ1) is 16.9. The van der Waals surface area contributed by atoms with Crippen LogP contribution in [0, 0.1) is 0 Å². The maximum Gasteiger partial charge on any atom is 0.240 e. The molecule has 118 valence electrons. The zero-order chi connectivity index (χ0) is 15.3. The molecule has 1 aromatic rings. The molecule has 0 unspecified atom stereocenters. The van der Waals surface area contributed by atoms with Crippen molar-refractivity contribution in [3.05, 3.63) is 28.7 Å². The van der Waals surface area contributed by atoms with Gasteiger partial charge in [-0.05, 0) is 18.2 Å². The quantitative estimate of drug-likeness (QED) is 0.530. The van der Waals surface area contributed by atoms with Crippen LogP contribution in [-0.2, 0) is 10.0 Å². The van der Waals surface area contributed by atoms with Gasteiger partial charge in [0.15, 0.2) is 0 Å². The van der Waals surface area contributed by atoms with Gasteiger partial charge in [0.1, 0.15) is 26.2 Å². The molecule has 1 fully saturated rings. The highest BCUT2D eigenvalue weighted by Gasteiger charge is 2.19. The smallest absolute Gasteiger partial charge is 0.240 e. The Morgan fingerprint density at radius 3 is 2.62 bits per heavy atom. The van der Waals surface area contributed by atoms with E-state index in [-0.39, 0.29) is 0 Å². The van der Waals surface area contributed by atoms with Crippen molar-refractivity contribution in [2.45, 2.75) is 11.3 Å². The first-order chi connectivity index (χ1) is 9.97. The molecular weight excluding hydrogens is 354 g/mol. The molecule has 0 spiro atoms. The third kappa shape index (κ3) is 5.34.